The minimum Gasteiger partial charge on any atom is -0.483 e. The average molecular weight is 473 g/mol. The number of carbonyl (C=O) groups is 2. The van der Waals surface area contributed by atoms with Crippen LogP contribution in [0.1, 0.15) is 43.0 Å². The molecule has 35 heavy (non-hydrogen) atoms. The molecule has 0 bridgehead atoms. The number of aryl methyl sites for hydroxylation is 1. The van der Waals surface area contributed by atoms with E-state index in [1.807, 2.05) is 113 Å². The van der Waals surface area contributed by atoms with Crippen LogP contribution < -0.4 is 10.1 Å². The first-order valence-corrected chi connectivity index (χ1v) is 12.0. The van der Waals surface area contributed by atoms with Crippen LogP contribution in [0.15, 0.2) is 78.9 Å². The number of amides is 2. The van der Waals surface area contributed by atoms with Crippen molar-refractivity contribution < 1.29 is 14.3 Å². The lowest BCUT2D eigenvalue weighted by Crippen LogP contribution is -2.55. The van der Waals surface area contributed by atoms with Gasteiger partial charge in [-0.15, -0.1) is 0 Å². The van der Waals surface area contributed by atoms with Gasteiger partial charge in [0.2, 0.25) is 5.91 Å². The topological polar surface area (TPSA) is 58.6 Å². The molecule has 0 fully saturated rings. The molecule has 184 valence electrons. The molecule has 1 N–H and O–H groups in total. The molecule has 3 rings (SSSR count). The monoisotopic (exact) mass is 472 g/mol. The molecule has 3 aromatic carbocycles. The summed E-state index contributed by atoms with van der Waals surface area (Å²) in [7, 11) is 0. The summed E-state index contributed by atoms with van der Waals surface area (Å²) in [4.78, 5) is 28.8. The fourth-order valence-electron chi connectivity index (χ4n) is 3.89. The molecule has 5 heteroatoms. The quantitative estimate of drug-likeness (QED) is 0.464. The van der Waals surface area contributed by atoms with E-state index in [4.69, 9.17) is 4.74 Å². The molecule has 0 aliphatic heterocycles. The number of benzene rings is 3. The molecule has 0 aliphatic carbocycles. The summed E-state index contributed by atoms with van der Waals surface area (Å²) in [6.07, 6.45) is 0.408. The van der Waals surface area contributed by atoms with Crippen LogP contribution in [0.4, 0.5) is 0 Å². The Hall–Kier alpha value is -3.60. The third-order valence-electron chi connectivity index (χ3n) is 5.87. The Bertz CT molecular complexity index is 1120. The second-order valence-electron chi connectivity index (χ2n) is 9.94. The lowest BCUT2D eigenvalue weighted by atomic mass is 10.0. The van der Waals surface area contributed by atoms with Gasteiger partial charge < -0.3 is 15.0 Å². The van der Waals surface area contributed by atoms with Crippen LogP contribution in [0, 0.1) is 13.8 Å². The Kier molecular flexibility index (Phi) is 8.69. The van der Waals surface area contributed by atoms with Crippen LogP contribution >= 0.6 is 0 Å². The number of nitrogens with zero attached hydrogens (tertiary/aromatic N) is 1. The third kappa shape index (κ3) is 7.71. The maximum Gasteiger partial charge on any atom is 0.261 e. The molecule has 0 spiro atoms. The van der Waals surface area contributed by atoms with Crippen LogP contribution in [0.2, 0.25) is 0 Å². The Labute approximate surface area is 209 Å². The van der Waals surface area contributed by atoms with E-state index in [0.717, 1.165) is 22.3 Å². The van der Waals surface area contributed by atoms with Crippen molar-refractivity contribution in [1.29, 1.82) is 0 Å². The van der Waals surface area contributed by atoms with Gasteiger partial charge in [0.25, 0.3) is 5.91 Å². The van der Waals surface area contributed by atoms with Crippen LogP contribution in [0.25, 0.3) is 0 Å². The van der Waals surface area contributed by atoms with Crippen LogP contribution in [-0.2, 0) is 22.6 Å². The van der Waals surface area contributed by atoms with Crippen molar-refractivity contribution in [3.63, 3.8) is 0 Å². The van der Waals surface area contributed by atoms with E-state index in [1.165, 1.54) is 0 Å². The molecule has 3 aromatic rings. The van der Waals surface area contributed by atoms with Gasteiger partial charge >= 0.3 is 0 Å². The van der Waals surface area contributed by atoms with Crippen molar-refractivity contribution in [2.45, 2.75) is 59.2 Å². The van der Waals surface area contributed by atoms with Gasteiger partial charge in [0.05, 0.1) is 0 Å². The van der Waals surface area contributed by atoms with Crippen LogP contribution in [-0.4, -0.2) is 34.9 Å². The molecule has 0 aromatic heterocycles. The summed E-state index contributed by atoms with van der Waals surface area (Å²) in [5.41, 5.74) is 3.61. The number of ether oxygens (including phenoxy) is 1. The molecule has 1 unspecified atom stereocenters. The van der Waals surface area contributed by atoms with Crippen molar-refractivity contribution in [3.05, 3.63) is 101 Å². The summed E-state index contributed by atoms with van der Waals surface area (Å²) in [6.45, 7) is 9.98. The van der Waals surface area contributed by atoms with Crippen LogP contribution in [0.3, 0.4) is 0 Å². The number of rotatable bonds is 9. The lowest BCUT2D eigenvalue weighted by Gasteiger charge is -2.33. The molecular formula is C30H36N2O3. The molecule has 0 radical (unpaired) electrons. The van der Waals surface area contributed by atoms with Gasteiger partial charge in [-0.25, -0.2) is 0 Å². The van der Waals surface area contributed by atoms with Gasteiger partial charge in [-0.3, -0.25) is 9.59 Å². The second-order valence-corrected chi connectivity index (χ2v) is 9.94. The fraction of sp³-hybridized carbons (Fsp3) is 0.333. The highest BCUT2D eigenvalue weighted by atomic mass is 16.5. The zero-order chi connectivity index (χ0) is 25.4. The molecule has 0 saturated carbocycles. The summed E-state index contributed by atoms with van der Waals surface area (Å²) in [5.74, 6) is 0.258. The van der Waals surface area contributed by atoms with Gasteiger partial charge in [-0.05, 0) is 62.9 Å². The standard InChI is InChI=1S/C30H36N2O3/c1-22-13-12-18-27(23(22)2)35-21-28(33)32(20-25-16-10-7-11-17-25)26(29(34)31-30(3,4)5)19-24-14-8-6-9-15-24/h6-18,26H,19-21H2,1-5H3,(H,31,34). The molecule has 0 saturated heterocycles. The van der Waals surface area contributed by atoms with E-state index in [-0.39, 0.29) is 18.4 Å². The smallest absolute Gasteiger partial charge is 0.261 e. The summed E-state index contributed by atoms with van der Waals surface area (Å²) < 4.78 is 5.96. The van der Waals surface area contributed by atoms with Crippen molar-refractivity contribution in [1.82, 2.24) is 10.2 Å². The molecule has 5 nitrogen and oxygen atoms in total. The van der Waals surface area contributed by atoms with Crippen molar-refractivity contribution in [3.8, 4) is 5.75 Å². The number of hydrogen-bond donors (Lipinski definition) is 1. The Morgan fingerprint density at radius 2 is 1.46 bits per heavy atom. The number of carbonyl (C=O) groups excluding carboxylic acids is 2. The van der Waals surface area contributed by atoms with E-state index in [0.29, 0.717) is 18.7 Å². The highest BCUT2D eigenvalue weighted by Crippen LogP contribution is 2.21. The second kappa shape index (κ2) is 11.7. The maximum absolute atomic E-state index is 13.6. The first-order valence-electron chi connectivity index (χ1n) is 12.0. The first kappa shape index (κ1) is 26.0. The number of hydrogen-bond acceptors (Lipinski definition) is 3. The van der Waals surface area contributed by atoms with Gasteiger partial charge in [0.1, 0.15) is 11.8 Å². The largest absolute Gasteiger partial charge is 0.483 e. The maximum atomic E-state index is 13.6. The Morgan fingerprint density at radius 3 is 2.06 bits per heavy atom. The zero-order valence-corrected chi connectivity index (χ0v) is 21.4. The Balaban J connectivity index is 1.92. The molecule has 1 atom stereocenters. The highest BCUT2D eigenvalue weighted by molar-refractivity contribution is 5.89. The normalized spacial score (nSPS) is 12.0. The molecule has 2 amide bonds. The van der Waals surface area contributed by atoms with E-state index in [1.54, 1.807) is 4.90 Å². The summed E-state index contributed by atoms with van der Waals surface area (Å²) in [5, 5.41) is 3.08. The van der Waals surface area contributed by atoms with E-state index in [2.05, 4.69) is 5.32 Å². The third-order valence-corrected chi connectivity index (χ3v) is 5.87. The first-order chi connectivity index (χ1) is 16.6. The predicted molar refractivity (Wildman–Crippen MR) is 140 cm³/mol. The Morgan fingerprint density at radius 1 is 0.857 bits per heavy atom. The average Bonchev–Trinajstić information content (AvgIpc) is 2.82. The van der Waals surface area contributed by atoms with Gasteiger partial charge in [-0.2, -0.15) is 0 Å². The predicted octanol–water partition coefficient (Wildman–Crippen LogP) is 5.24. The lowest BCUT2D eigenvalue weighted by molar-refractivity contribution is -0.143. The SMILES string of the molecule is Cc1cccc(OCC(=O)N(Cc2ccccc2)C(Cc2ccccc2)C(=O)NC(C)(C)C)c1C. The van der Waals surface area contributed by atoms with Crippen molar-refractivity contribution in [2.75, 3.05) is 6.61 Å². The van der Waals surface area contributed by atoms with E-state index in [9.17, 15) is 9.59 Å². The van der Waals surface area contributed by atoms with Gasteiger partial charge in [0.15, 0.2) is 6.61 Å². The van der Waals surface area contributed by atoms with Crippen LogP contribution in [0.5, 0.6) is 5.75 Å². The van der Waals surface area contributed by atoms with Crippen molar-refractivity contribution >= 4 is 11.8 Å². The minimum absolute atomic E-state index is 0.148. The molecule has 0 heterocycles. The molecular weight excluding hydrogens is 436 g/mol. The van der Waals surface area contributed by atoms with Gasteiger partial charge in [-0.1, -0.05) is 72.8 Å². The highest BCUT2D eigenvalue weighted by Gasteiger charge is 2.32. The summed E-state index contributed by atoms with van der Waals surface area (Å²) in [6, 6.07) is 24.6. The van der Waals surface area contributed by atoms with Gasteiger partial charge in [0, 0.05) is 18.5 Å². The van der Waals surface area contributed by atoms with E-state index >= 15 is 0 Å². The molecule has 0 aliphatic rings. The zero-order valence-electron chi connectivity index (χ0n) is 21.4. The minimum atomic E-state index is -0.688. The summed E-state index contributed by atoms with van der Waals surface area (Å²) >= 11 is 0. The van der Waals surface area contributed by atoms with E-state index < -0.39 is 11.6 Å². The number of nitrogens with one attached hydrogen (secondary N) is 1. The fourth-order valence-corrected chi connectivity index (χ4v) is 3.89. The van der Waals surface area contributed by atoms with Crippen molar-refractivity contribution in [2.24, 2.45) is 0 Å².